The molecule has 0 radical (unpaired) electrons. The van der Waals surface area contributed by atoms with Crippen LogP contribution in [0.15, 0.2) is 78.5 Å². The van der Waals surface area contributed by atoms with Gasteiger partial charge in [0.05, 0.1) is 23.9 Å². The number of benzene rings is 2. The van der Waals surface area contributed by atoms with Crippen LogP contribution in [0.4, 0.5) is 0 Å². The van der Waals surface area contributed by atoms with Crippen molar-refractivity contribution >= 4 is 29.1 Å². The summed E-state index contributed by atoms with van der Waals surface area (Å²) >= 11 is 6.05. The molecule has 156 valence electrons. The van der Waals surface area contributed by atoms with E-state index in [0.29, 0.717) is 21.8 Å². The summed E-state index contributed by atoms with van der Waals surface area (Å²) < 4.78 is 0. The predicted molar refractivity (Wildman–Crippen MR) is 119 cm³/mol. The Bertz CT molecular complexity index is 1140. The number of aliphatic hydroxyl groups is 1. The molecule has 0 aliphatic carbocycles. The molecule has 1 amide bonds. The SMILES string of the molecule is CCc1ccc(/C(O)=C2\C(=O)C(=O)N(Cc3ccccn3)C2c2ccc(Cl)cc2)cc1. The van der Waals surface area contributed by atoms with Crippen LogP contribution in [0.2, 0.25) is 5.02 Å². The molecule has 1 aliphatic rings. The van der Waals surface area contributed by atoms with Gasteiger partial charge in [-0.3, -0.25) is 14.6 Å². The molecule has 31 heavy (non-hydrogen) atoms. The Balaban J connectivity index is 1.84. The predicted octanol–water partition coefficient (Wildman–Crippen LogP) is 4.92. The lowest BCUT2D eigenvalue weighted by Gasteiger charge is -2.25. The smallest absolute Gasteiger partial charge is 0.296 e. The molecule has 1 saturated heterocycles. The molecule has 2 heterocycles. The van der Waals surface area contributed by atoms with E-state index in [4.69, 9.17) is 11.6 Å². The van der Waals surface area contributed by atoms with Crippen molar-refractivity contribution in [2.45, 2.75) is 25.9 Å². The van der Waals surface area contributed by atoms with Crippen molar-refractivity contribution < 1.29 is 14.7 Å². The van der Waals surface area contributed by atoms with Gasteiger partial charge in [0.1, 0.15) is 5.76 Å². The fourth-order valence-electron chi connectivity index (χ4n) is 3.75. The third-order valence-corrected chi connectivity index (χ3v) is 5.67. The minimum atomic E-state index is -0.745. The van der Waals surface area contributed by atoms with Crippen LogP contribution in [0.5, 0.6) is 0 Å². The minimum absolute atomic E-state index is 0.0625. The van der Waals surface area contributed by atoms with Gasteiger partial charge in [0.25, 0.3) is 11.7 Å². The van der Waals surface area contributed by atoms with E-state index in [2.05, 4.69) is 4.98 Å². The topological polar surface area (TPSA) is 70.5 Å². The van der Waals surface area contributed by atoms with E-state index in [1.165, 1.54) is 4.90 Å². The van der Waals surface area contributed by atoms with Gasteiger partial charge in [0, 0.05) is 16.8 Å². The normalized spacial score (nSPS) is 17.9. The first kappa shape index (κ1) is 20.8. The van der Waals surface area contributed by atoms with E-state index in [1.807, 2.05) is 25.1 Å². The van der Waals surface area contributed by atoms with Crippen molar-refractivity contribution in [3.05, 3.63) is 106 Å². The summed E-state index contributed by atoms with van der Waals surface area (Å²) in [5, 5.41) is 11.6. The van der Waals surface area contributed by atoms with E-state index in [0.717, 1.165) is 12.0 Å². The van der Waals surface area contributed by atoms with Crippen LogP contribution in [0, 0.1) is 0 Å². The van der Waals surface area contributed by atoms with Gasteiger partial charge in [-0.1, -0.05) is 61.0 Å². The molecule has 1 aromatic heterocycles. The van der Waals surface area contributed by atoms with E-state index in [-0.39, 0.29) is 17.9 Å². The lowest BCUT2D eigenvalue weighted by molar-refractivity contribution is -0.140. The molecule has 1 N–H and O–H groups in total. The number of halogens is 1. The number of ketones is 1. The van der Waals surface area contributed by atoms with Crippen molar-refractivity contribution in [1.82, 2.24) is 9.88 Å². The molecule has 5 nitrogen and oxygen atoms in total. The molecular weight excluding hydrogens is 412 g/mol. The molecule has 6 heteroatoms. The highest BCUT2D eigenvalue weighted by Crippen LogP contribution is 2.40. The number of hydrogen-bond acceptors (Lipinski definition) is 4. The third kappa shape index (κ3) is 4.09. The maximum atomic E-state index is 13.0. The van der Waals surface area contributed by atoms with Crippen LogP contribution in [-0.2, 0) is 22.6 Å². The van der Waals surface area contributed by atoms with Crippen LogP contribution < -0.4 is 0 Å². The van der Waals surface area contributed by atoms with Gasteiger partial charge >= 0.3 is 0 Å². The number of aliphatic hydroxyl groups excluding tert-OH is 1. The van der Waals surface area contributed by atoms with E-state index in [9.17, 15) is 14.7 Å². The molecule has 0 bridgehead atoms. The Kier molecular flexibility index (Phi) is 5.87. The summed E-state index contributed by atoms with van der Waals surface area (Å²) in [6, 6.07) is 18.9. The van der Waals surface area contributed by atoms with E-state index < -0.39 is 17.7 Å². The largest absolute Gasteiger partial charge is 0.507 e. The maximum Gasteiger partial charge on any atom is 0.296 e. The number of carbonyl (C=O) groups is 2. The molecule has 0 spiro atoms. The number of carbonyl (C=O) groups excluding carboxylic acids is 2. The second-order valence-corrected chi connectivity index (χ2v) is 7.79. The zero-order chi connectivity index (χ0) is 22.0. The van der Waals surface area contributed by atoms with Crippen molar-refractivity contribution in [1.29, 1.82) is 0 Å². The van der Waals surface area contributed by atoms with Gasteiger partial charge in [-0.05, 0) is 41.8 Å². The van der Waals surface area contributed by atoms with Gasteiger partial charge in [-0.25, -0.2) is 0 Å². The molecule has 1 unspecified atom stereocenters. The van der Waals surface area contributed by atoms with Gasteiger partial charge in [-0.2, -0.15) is 0 Å². The minimum Gasteiger partial charge on any atom is -0.507 e. The molecule has 3 aromatic rings. The van der Waals surface area contributed by atoms with Crippen molar-refractivity contribution in [2.24, 2.45) is 0 Å². The van der Waals surface area contributed by atoms with Gasteiger partial charge < -0.3 is 10.0 Å². The Labute approximate surface area is 185 Å². The van der Waals surface area contributed by atoms with E-state index in [1.54, 1.807) is 54.7 Å². The maximum absolute atomic E-state index is 13.0. The zero-order valence-electron chi connectivity index (χ0n) is 17.0. The van der Waals surface area contributed by atoms with Crippen molar-refractivity contribution in [3.63, 3.8) is 0 Å². The van der Waals surface area contributed by atoms with E-state index >= 15 is 0 Å². The van der Waals surface area contributed by atoms with Crippen molar-refractivity contribution in [2.75, 3.05) is 0 Å². The number of hydrogen-bond donors (Lipinski definition) is 1. The Hall–Kier alpha value is -3.44. The number of rotatable bonds is 5. The van der Waals surface area contributed by atoms with Crippen LogP contribution in [-0.4, -0.2) is 26.7 Å². The molecular formula is C25H21ClN2O3. The van der Waals surface area contributed by atoms with Crippen molar-refractivity contribution in [3.8, 4) is 0 Å². The molecule has 1 atom stereocenters. The summed E-state index contributed by atoms with van der Waals surface area (Å²) in [6.45, 7) is 2.18. The van der Waals surface area contributed by atoms with Gasteiger partial charge in [-0.15, -0.1) is 0 Å². The standard InChI is InChI=1S/C25H21ClN2O3/c1-2-16-6-8-18(9-7-16)23(29)21-22(17-10-12-19(26)13-11-17)28(25(31)24(21)30)15-20-5-3-4-14-27-20/h3-14,22,29H,2,15H2,1H3/b23-21+. The number of amides is 1. The second-order valence-electron chi connectivity index (χ2n) is 7.35. The average Bonchev–Trinajstić information content (AvgIpc) is 3.05. The summed E-state index contributed by atoms with van der Waals surface area (Å²) in [4.78, 5) is 31.8. The summed E-state index contributed by atoms with van der Waals surface area (Å²) in [5.74, 6) is -1.57. The first-order valence-corrected chi connectivity index (χ1v) is 10.4. The van der Waals surface area contributed by atoms with Gasteiger partial charge in [0.15, 0.2) is 0 Å². The fraction of sp³-hybridized carbons (Fsp3) is 0.160. The van der Waals surface area contributed by atoms with Crippen LogP contribution in [0.25, 0.3) is 5.76 Å². The monoisotopic (exact) mass is 432 g/mol. The highest BCUT2D eigenvalue weighted by Gasteiger charge is 2.46. The highest BCUT2D eigenvalue weighted by atomic mass is 35.5. The summed E-state index contributed by atoms with van der Waals surface area (Å²) in [6.07, 6.45) is 2.50. The Morgan fingerprint density at radius 3 is 2.35 bits per heavy atom. The number of aromatic nitrogens is 1. The van der Waals surface area contributed by atoms with Gasteiger partial charge in [0.2, 0.25) is 0 Å². The third-order valence-electron chi connectivity index (χ3n) is 5.42. The van der Waals surface area contributed by atoms with Crippen LogP contribution >= 0.6 is 11.6 Å². The molecule has 0 saturated carbocycles. The molecule has 2 aromatic carbocycles. The molecule has 1 fully saturated rings. The lowest BCUT2D eigenvalue weighted by Crippen LogP contribution is -2.29. The number of nitrogens with zero attached hydrogens (tertiary/aromatic N) is 2. The number of pyridine rings is 1. The fourth-order valence-corrected chi connectivity index (χ4v) is 3.88. The first-order valence-electron chi connectivity index (χ1n) is 10.0. The zero-order valence-corrected chi connectivity index (χ0v) is 17.7. The lowest BCUT2D eigenvalue weighted by atomic mass is 9.95. The highest BCUT2D eigenvalue weighted by molar-refractivity contribution is 6.46. The number of aryl methyl sites for hydroxylation is 1. The van der Waals surface area contributed by atoms with Crippen LogP contribution in [0.1, 0.15) is 35.3 Å². The number of likely N-dealkylation sites (tertiary alicyclic amines) is 1. The quantitative estimate of drug-likeness (QED) is 0.353. The summed E-state index contributed by atoms with van der Waals surface area (Å²) in [5.41, 5.74) is 3.00. The number of Topliss-reactive ketones (excluding diaryl/α,β-unsaturated/α-hetero) is 1. The Morgan fingerprint density at radius 1 is 1.03 bits per heavy atom. The molecule has 1 aliphatic heterocycles. The average molecular weight is 433 g/mol. The molecule has 4 rings (SSSR count). The second kappa shape index (κ2) is 8.74. The first-order chi connectivity index (χ1) is 15.0. The van der Waals surface area contributed by atoms with Crippen LogP contribution in [0.3, 0.4) is 0 Å². The summed E-state index contributed by atoms with van der Waals surface area (Å²) in [7, 11) is 0. The Morgan fingerprint density at radius 2 is 1.74 bits per heavy atom.